The third kappa shape index (κ3) is 4.92. The molecule has 21 heavy (non-hydrogen) atoms. The number of imidazole rings is 1. The van der Waals surface area contributed by atoms with Crippen LogP contribution < -0.4 is 10.1 Å². The molecular formula is C15H19Cl2N3O. The molecule has 1 aromatic heterocycles. The molecule has 1 N–H and O–H groups in total. The molecule has 0 saturated heterocycles. The maximum atomic E-state index is 6.17. The summed E-state index contributed by atoms with van der Waals surface area (Å²) in [6.45, 7) is 5.06. The first-order valence-corrected chi connectivity index (χ1v) is 7.73. The van der Waals surface area contributed by atoms with Gasteiger partial charge < -0.3 is 14.6 Å². The summed E-state index contributed by atoms with van der Waals surface area (Å²) in [6, 6.07) is 3.78. The van der Waals surface area contributed by atoms with E-state index in [0.717, 1.165) is 31.6 Å². The molecule has 2 aromatic rings. The van der Waals surface area contributed by atoms with Crippen molar-refractivity contribution in [2.75, 3.05) is 13.2 Å². The van der Waals surface area contributed by atoms with Crippen molar-refractivity contribution in [2.45, 2.75) is 26.4 Å². The van der Waals surface area contributed by atoms with Gasteiger partial charge in [0.15, 0.2) is 5.75 Å². The van der Waals surface area contributed by atoms with Crippen molar-refractivity contribution < 1.29 is 4.74 Å². The van der Waals surface area contributed by atoms with Gasteiger partial charge in [0.05, 0.1) is 23.0 Å². The Hall–Kier alpha value is -1.23. The van der Waals surface area contributed by atoms with Crippen molar-refractivity contribution in [1.82, 2.24) is 14.9 Å². The van der Waals surface area contributed by atoms with Gasteiger partial charge in [0.1, 0.15) is 0 Å². The first kappa shape index (κ1) is 16.1. The number of hydrogen-bond acceptors (Lipinski definition) is 3. The van der Waals surface area contributed by atoms with Crippen molar-refractivity contribution in [3.63, 3.8) is 0 Å². The highest BCUT2D eigenvalue weighted by molar-refractivity contribution is 6.37. The Morgan fingerprint density at radius 3 is 2.67 bits per heavy atom. The summed E-state index contributed by atoms with van der Waals surface area (Å²) in [5, 5.41) is 4.49. The molecule has 0 aliphatic carbocycles. The Morgan fingerprint density at radius 1 is 1.29 bits per heavy atom. The minimum Gasteiger partial charge on any atom is -0.491 e. The maximum absolute atomic E-state index is 6.17. The molecule has 1 aromatic carbocycles. The molecule has 0 saturated carbocycles. The molecule has 4 nitrogen and oxygen atoms in total. The van der Waals surface area contributed by atoms with E-state index in [4.69, 9.17) is 27.9 Å². The zero-order chi connectivity index (χ0) is 15.1. The fourth-order valence-corrected chi connectivity index (χ4v) is 2.68. The van der Waals surface area contributed by atoms with E-state index < -0.39 is 0 Å². The van der Waals surface area contributed by atoms with E-state index in [-0.39, 0.29) is 0 Å². The van der Waals surface area contributed by atoms with E-state index in [2.05, 4.69) is 14.9 Å². The van der Waals surface area contributed by atoms with Crippen LogP contribution in [0.2, 0.25) is 10.0 Å². The van der Waals surface area contributed by atoms with Crippen LogP contribution in [0.1, 0.15) is 18.9 Å². The van der Waals surface area contributed by atoms with Crippen LogP contribution in [0, 0.1) is 0 Å². The van der Waals surface area contributed by atoms with E-state index >= 15 is 0 Å². The van der Waals surface area contributed by atoms with Gasteiger partial charge in [-0.25, -0.2) is 4.98 Å². The normalized spacial score (nSPS) is 10.8. The molecular weight excluding hydrogens is 309 g/mol. The van der Waals surface area contributed by atoms with Gasteiger partial charge in [0.25, 0.3) is 0 Å². The minimum atomic E-state index is 0.547. The van der Waals surface area contributed by atoms with E-state index in [1.807, 2.05) is 31.6 Å². The third-order valence-electron chi connectivity index (χ3n) is 3.00. The molecule has 0 atom stereocenters. The fourth-order valence-electron chi connectivity index (χ4n) is 2.04. The van der Waals surface area contributed by atoms with Crippen LogP contribution in [0.15, 0.2) is 30.9 Å². The highest BCUT2D eigenvalue weighted by Gasteiger charge is 2.09. The van der Waals surface area contributed by atoms with E-state index in [1.165, 1.54) is 0 Å². The summed E-state index contributed by atoms with van der Waals surface area (Å²) in [6.07, 6.45) is 6.62. The molecule has 0 aliphatic heterocycles. The number of benzene rings is 1. The van der Waals surface area contributed by atoms with Gasteiger partial charge >= 0.3 is 0 Å². The zero-order valence-electron chi connectivity index (χ0n) is 12.0. The summed E-state index contributed by atoms with van der Waals surface area (Å²) in [7, 11) is 0. The topological polar surface area (TPSA) is 39.1 Å². The number of ether oxygens (including phenoxy) is 1. The molecule has 114 valence electrons. The number of halogens is 2. The van der Waals surface area contributed by atoms with Crippen molar-refractivity contribution in [2.24, 2.45) is 0 Å². The SMILES string of the molecule is CCOc1c(Cl)cc(CNCCCn2ccnc2)cc1Cl. The molecule has 0 fully saturated rings. The summed E-state index contributed by atoms with van der Waals surface area (Å²) in [4.78, 5) is 4.01. The van der Waals surface area contributed by atoms with E-state index in [9.17, 15) is 0 Å². The highest BCUT2D eigenvalue weighted by atomic mass is 35.5. The fraction of sp³-hybridized carbons (Fsp3) is 0.400. The molecule has 0 aliphatic rings. The summed E-state index contributed by atoms with van der Waals surface area (Å²) in [5.74, 6) is 0.560. The average Bonchev–Trinajstić information content (AvgIpc) is 2.96. The maximum Gasteiger partial charge on any atom is 0.156 e. The van der Waals surface area contributed by atoms with E-state index in [1.54, 1.807) is 6.20 Å². The van der Waals surface area contributed by atoms with Crippen LogP contribution in [-0.4, -0.2) is 22.7 Å². The predicted molar refractivity (Wildman–Crippen MR) is 86.2 cm³/mol. The highest BCUT2D eigenvalue weighted by Crippen LogP contribution is 2.34. The van der Waals surface area contributed by atoms with E-state index in [0.29, 0.717) is 22.4 Å². The van der Waals surface area contributed by atoms with Crippen molar-refractivity contribution in [3.8, 4) is 5.75 Å². The first-order chi connectivity index (χ1) is 10.2. The first-order valence-electron chi connectivity index (χ1n) is 6.98. The van der Waals surface area contributed by atoms with Crippen LogP contribution in [0.25, 0.3) is 0 Å². The van der Waals surface area contributed by atoms with Crippen molar-refractivity contribution >= 4 is 23.2 Å². The Bertz CT molecular complexity index is 535. The van der Waals surface area contributed by atoms with Crippen molar-refractivity contribution in [3.05, 3.63) is 46.5 Å². The van der Waals surface area contributed by atoms with Crippen LogP contribution in [0.4, 0.5) is 0 Å². The summed E-state index contributed by atoms with van der Waals surface area (Å²) >= 11 is 12.3. The van der Waals surface area contributed by atoms with Gasteiger partial charge in [-0.3, -0.25) is 0 Å². The molecule has 0 radical (unpaired) electrons. The monoisotopic (exact) mass is 327 g/mol. The number of aromatic nitrogens is 2. The second kappa shape index (κ2) is 8.27. The molecule has 0 bridgehead atoms. The standard InChI is InChI=1S/C15H19Cl2N3O/c1-2-21-15-13(16)8-12(9-14(15)17)10-18-4-3-6-20-7-5-19-11-20/h5,7-9,11,18H,2-4,6,10H2,1H3. The minimum absolute atomic E-state index is 0.547. The van der Waals surface area contributed by atoms with Gasteiger partial charge in [-0.05, 0) is 37.6 Å². The van der Waals surface area contributed by atoms with Crippen LogP contribution >= 0.6 is 23.2 Å². The number of rotatable bonds is 8. The molecule has 0 amide bonds. The third-order valence-corrected chi connectivity index (χ3v) is 3.57. The molecule has 0 unspecified atom stereocenters. The predicted octanol–water partition coefficient (Wildman–Crippen LogP) is 3.77. The number of aryl methyl sites for hydroxylation is 1. The molecule has 2 rings (SSSR count). The van der Waals surface area contributed by atoms with Crippen LogP contribution in [0.3, 0.4) is 0 Å². The van der Waals surface area contributed by atoms with Crippen molar-refractivity contribution in [1.29, 1.82) is 0 Å². The summed E-state index contributed by atoms with van der Waals surface area (Å²) in [5.41, 5.74) is 1.05. The molecule has 6 heteroatoms. The number of hydrogen-bond donors (Lipinski definition) is 1. The quantitative estimate of drug-likeness (QED) is 0.750. The van der Waals surface area contributed by atoms with Crippen LogP contribution in [-0.2, 0) is 13.1 Å². The largest absolute Gasteiger partial charge is 0.491 e. The number of nitrogens with zero attached hydrogens (tertiary/aromatic N) is 2. The lowest BCUT2D eigenvalue weighted by atomic mass is 10.2. The van der Waals surface area contributed by atoms with Gasteiger partial charge in [0.2, 0.25) is 0 Å². The summed E-state index contributed by atoms with van der Waals surface area (Å²) < 4.78 is 7.48. The van der Waals surface area contributed by atoms with Gasteiger partial charge in [0, 0.05) is 25.5 Å². The second-order valence-electron chi connectivity index (χ2n) is 4.65. The Kier molecular flexibility index (Phi) is 6.36. The Balaban J connectivity index is 1.78. The van der Waals surface area contributed by atoms with Gasteiger partial charge in [-0.2, -0.15) is 0 Å². The lowest BCUT2D eigenvalue weighted by molar-refractivity contribution is 0.340. The smallest absolute Gasteiger partial charge is 0.156 e. The Labute approximate surface area is 135 Å². The Morgan fingerprint density at radius 2 is 2.05 bits per heavy atom. The molecule has 1 heterocycles. The van der Waals surface area contributed by atoms with Crippen LogP contribution in [0.5, 0.6) is 5.75 Å². The zero-order valence-corrected chi connectivity index (χ0v) is 13.5. The molecule has 0 spiro atoms. The number of nitrogens with one attached hydrogen (secondary N) is 1. The lowest BCUT2D eigenvalue weighted by Gasteiger charge is -2.11. The second-order valence-corrected chi connectivity index (χ2v) is 5.47. The lowest BCUT2D eigenvalue weighted by Crippen LogP contribution is -2.16. The van der Waals surface area contributed by atoms with Gasteiger partial charge in [-0.1, -0.05) is 23.2 Å². The van der Waals surface area contributed by atoms with Gasteiger partial charge in [-0.15, -0.1) is 0 Å². The average molecular weight is 328 g/mol.